The molecule has 2 heterocycles. The van der Waals surface area contributed by atoms with Crippen LogP contribution in [0.5, 0.6) is 0 Å². The van der Waals surface area contributed by atoms with Crippen molar-refractivity contribution < 1.29 is 4.79 Å². The number of anilines is 1. The SMILES string of the molecule is C=CCCC(=O)NCC1CCN(c2cnn(C)c(=O)c2)CC1. The number of rotatable bonds is 6. The summed E-state index contributed by atoms with van der Waals surface area (Å²) in [5.41, 5.74) is 0.797. The van der Waals surface area contributed by atoms with Crippen LogP contribution >= 0.6 is 0 Å². The van der Waals surface area contributed by atoms with Crippen LogP contribution in [0.25, 0.3) is 0 Å². The first-order valence-electron chi connectivity index (χ1n) is 7.76. The molecule has 1 amide bonds. The van der Waals surface area contributed by atoms with E-state index in [1.807, 2.05) is 0 Å². The first-order valence-corrected chi connectivity index (χ1v) is 7.76. The summed E-state index contributed by atoms with van der Waals surface area (Å²) in [6, 6.07) is 1.63. The van der Waals surface area contributed by atoms with Crippen LogP contribution in [0.2, 0.25) is 0 Å². The van der Waals surface area contributed by atoms with Gasteiger partial charge >= 0.3 is 0 Å². The van der Waals surface area contributed by atoms with Crippen LogP contribution in [0.1, 0.15) is 25.7 Å². The van der Waals surface area contributed by atoms with E-state index in [4.69, 9.17) is 0 Å². The zero-order valence-corrected chi connectivity index (χ0v) is 13.1. The molecule has 22 heavy (non-hydrogen) atoms. The van der Waals surface area contributed by atoms with E-state index < -0.39 is 0 Å². The van der Waals surface area contributed by atoms with Gasteiger partial charge in [-0.3, -0.25) is 9.59 Å². The van der Waals surface area contributed by atoms with Gasteiger partial charge in [-0.2, -0.15) is 5.10 Å². The number of aromatic nitrogens is 2. The summed E-state index contributed by atoms with van der Waals surface area (Å²) in [5.74, 6) is 0.599. The van der Waals surface area contributed by atoms with Gasteiger partial charge in [0, 0.05) is 39.2 Å². The molecule has 0 aromatic carbocycles. The molecule has 120 valence electrons. The molecule has 1 aliphatic heterocycles. The molecule has 0 unspecified atom stereocenters. The molecule has 1 fully saturated rings. The first-order chi connectivity index (χ1) is 10.6. The average Bonchev–Trinajstić information content (AvgIpc) is 2.54. The number of allylic oxidation sites excluding steroid dienone is 1. The molecule has 2 rings (SSSR count). The molecule has 0 aliphatic carbocycles. The van der Waals surface area contributed by atoms with Gasteiger partial charge in [0.25, 0.3) is 5.56 Å². The highest BCUT2D eigenvalue weighted by atomic mass is 16.1. The van der Waals surface area contributed by atoms with E-state index in [9.17, 15) is 9.59 Å². The van der Waals surface area contributed by atoms with E-state index in [2.05, 4.69) is 21.9 Å². The van der Waals surface area contributed by atoms with Crippen molar-refractivity contribution in [2.75, 3.05) is 24.5 Å². The van der Waals surface area contributed by atoms with Gasteiger partial charge in [-0.15, -0.1) is 6.58 Å². The van der Waals surface area contributed by atoms with Gasteiger partial charge in [0.05, 0.1) is 11.9 Å². The highest BCUT2D eigenvalue weighted by molar-refractivity contribution is 5.75. The smallest absolute Gasteiger partial charge is 0.268 e. The lowest BCUT2D eigenvalue weighted by Gasteiger charge is -2.33. The monoisotopic (exact) mass is 304 g/mol. The van der Waals surface area contributed by atoms with Gasteiger partial charge in [0.15, 0.2) is 0 Å². The Kier molecular flexibility index (Phi) is 5.75. The number of carbonyl (C=O) groups is 1. The predicted molar refractivity (Wildman–Crippen MR) is 86.9 cm³/mol. The van der Waals surface area contributed by atoms with Crippen molar-refractivity contribution in [3.8, 4) is 0 Å². The summed E-state index contributed by atoms with van der Waals surface area (Å²) in [4.78, 5) is 25.4. The molecule has 6 nitrogen and oxygen atoms in total. The topological polar surface area (TPSA) is 67.2 Å². The second kappa shape index (κ2) is 7.77. The summed E-state index contributed by atoms with van der Waals surface area (Å²) >= 11 is 0. The van der Waals surface area contributed by atoms with Crippen molar-refractivity contribution >= 4 is 11.6 Å². The molecule has 1 saturated heterocycles. The normalized spacial score (nSPS) is 15.6. The Balaban J connectivity index is 1.78. The fourth-order valence-electron chi connectivity index (χ4n) is 2.61. The maximum absolute atomic E-state index is 11.6. The Morgan fingerprint density at radius 2 is 2.23 bits per heavy atom. The summed E-state index contributed by atoms with van der Waals surface area (Å²) < 4.78 is 1.33. The Morgan fingerprint density at radius 3 is 2.86 bits per heavy atom. The molecule has 1 aromatic heterocycles. The van der Waals surface area contributed by atoms with Gasteiger partial charge in [-0.1, -0.05) is 6.08 Å². The molecule has 0 bridgehead atoms. The molecule has 0 spiro atoms. The summed E-state index contributed by atoms with van der Waals surface area (Å²) in [5, 5.41) is 7.05. The third-order valence-electron chi connectivity index (χ3n) is 4.10. The van der Waals surface area contributed by atoms with Crippen LogP contribution in [0.15, 0.2) is 29.7 Å². The Bertz CT molecular complexity index is 574. The fourth-order valence-corrected chi connectivity index (χ4v) is 2.61. The van der Waals surface area contributed by atoms with Gasteiger partial charge in [-0.05, 0) is 25.2 Å². The molecule has 0 saturated carbocycles. The van der Waals surface area contributed by atoms with Crippen molar-refractivity contribution in [3.05, 3.63) is 35.3 Å². The van der Waals surface area contributed by atoms with E-state index in [0.29, 0.717) is 12.3 Å². The minimum absolute atomic E-state index is 0.0888. The zero-order valence-electron chi connectivity index (χ0n) is 13.1. The minimum Gasteiger partial charge on any atom is -0.370 e. The lowest BCUT2D eigenvalue weighted by atomic mass is 9.96. The van der Waals surface area contributed by atoms with E-state index in [-0.39, 0.29) is 11.5 Å². The molecule has 1 aromatic rings. The number of hydrogen-bond acceptors (Lipinski definition) is 4. The average molecular weight is 304 g/mol. The number of nitrogens with one attached hydrogen (secondary N) is 1. The molecule has 1 aliphatic rings. The predicted octanol–water partition coefficient (Wildman–Crippen LogP) is 1.08. The molecule has 0 atom stereocenters. The van der Waals surface area contributed by atoms with Crippen LogP contribution in [0.3, 0.4) is 0 Å². The molecular weight excluding hydrogens is 280 g/mol. The summed E-state index contributed by atoms with van der Waals surface area (Å²) in [7, 11) is 1.65. The fraction of sp³-hybridized carbons (Fsp3) is 0.562. The number of aryl methyl sites for hydroxylation is 1. The maximum atomic E-state index is 11.6. The van der Waals surface area contributed by atoms with Crippen molar-refractivity contribution in [3.63, 3.8) is 0 Å². The van der Waals surface area contributed by atoms with Gasteiger partial charge in [0.2, 0.25) is 5.91 Å². The summed E-state index contributed by atoms with van der Waals surface area (Å²) in [6.45, 7) is 6.13. The van der Waals surface area contributed by atoms with E-state index in [0.717, 1.165) is 44.6 Å². The van der Waals surface area contributed by atoms with E-state index in [1.54, 1.807) is 25.4 Å². The third kappa shape index (κ3) is 4.44. The number of carbonyl (C=O) groups excluding carboxylic acids is 1. The quantitative estimate of drug-likeness (QED) is 0.799. The largest absolute Gasteiger partial charge is 0.370 e. The van der Waals surface area contributed by atoms with Crippen LogP contribution in [-0.2, 0) is 11.8 Å². The molecular formula is C16H24N4O2. The Labute approximate surface area is 130 Å². The van der Waals surface area contributed by atoms with Gasteiger partial charge in [-0.25, -0.2) is 4.68 Å². The highest BCUT2D eigenvalue weighted by Crippen LogP contribution is 2.21. The van der Waals surface area contributed by atoms with Crippen molar-refractivity contribution in [2.24, 2.45) is 13.0 Å². The standard InChI is InChI=1S/C16H24N4O2/c1-3-4-5-15(21)17-11-13-6-8-20(9-7-13)14-10-16(22)19(2)18-12-14/h3,10,12-13H,1,4-9,11H2,2H3,(H,17,21). The summed E-state index contributed by atoms with van der Waals surface area (Å²) in [6.07, 6.45) is 6.75. The maximum Gasteiger partial charge on any atom is 0.268 e. The van der Waals surface area contributed by atoms with Crippen LogP contribution in [-0.4, -0.2) is 35.3 Å². The lowest BCUT2D eigenvalue weighted by Crippen LogP contribution is -2.39. The van der Waals surface area contributed by atoms with Crippen LogP contribution in [0.4, 0.5) is 5.69 Å². The van der Waals surface area contributed by atoms with Gasteiger partial charge < -0.3 is 10.2 Å². The van der Waals surface area contributed by atoms with E-state index in [1.165, 1.54) is 4.68 Å². The highest BCUT2D eigenvalue weighted by Gasteiger charge is 2.20. The number of hydrogen-bond donors (Lipinski definition) is 1. The van der Waals surface area contributed by atoms with Crippen LogP contribution < -0.4 is 15.8 Å². The van der Waals surface area contributed by atoms with Crippen molar-refractivity contribution in [1.82, 2.24) is 15.1 Å². The number of nitrogens with zero attached hydrogens (tertiary/aromatic N) is 3. The minimum atomic E-state index is -0.0888. The second-order valence-electron chi connectivity index (χ2n) is 5.74. The third-order valence-corrected chi connectivity index (χ3v) is 4.10. The number of piperidine rings is 1. The molecule has 1 N–H and O–H groups in total. The first kappa shape index (κ1) is 16.3. The van der Waals surface area contributed by atoms with Gasteiger partial charge in [0.1, 0.15) is 0 Å². The zero-order chi connectivity index (χ0) is 15.9. The van der Waals surface area contributed by atoms with Crippen molar-refractivity contribution in [2.45, 2.75) is 25.7 Å². The van der Waals surface area contributed by atoms with Crippen molar-refractivity contribution in [1.29, 1.82) is 0 Å². The second-order valence-corrected chi connectivity index (χ2v) is 5.74. The van der Waals surface area contributed by atoms with E-state index >= 15 is 0 Å². The molecule has 6 heteroatoms. The molecule has 0 radical (unpaired) electrons. The Hall–Kier alpha value is -2.11. The Morgan fingerprint density at radius 1 is 1.50 bits per heavy atom. The lowest BCUT2D eigenvalue weighted by molar-refractivity contribution is -0.121. The number of amides is 1. The van der Waals surface area contributed by atoms with Crippen LogP contribution in [0, 0.1) is 5.92 Å².